The van der Waals surface area contributed by atoms with Crippen molar-refractivity contribution in [3.63, 3.8) is 0 Å². The largest absolute Gasteiger partial charge is 0.319 e. The van der Waals surface area contributed by atoms with Crippen LogP contribution in [0.3, 0.4) is 0 Å². The van der Waals surface area contributed by atoms with Gasteiger partial charge in [0.05, 0.1) is 0 Å². The van der Waals surface area contributed by atoms with Crippen molar-refractivity contribution in [2.24, 2.45) is 5.92 Å². The first kappa shape index (κ1) is 15.5. The molecule has 2 heteroatoms. The normalized spacial score (nSPS) is 24.6. The van der Waals surface area contributed by atoms with Crippen LogP contribution in [0.15, 0.2) is 24.3 Å². The highest BCUT2D eigenvalue weighted by Gasteiger charge is 2.29. The molecule has 1 fully saturated rings. The molecule has 1 aromatic carbocycles. The highest BCUT2D eigenvalue weighted by molar-refractivity contribution is 5.26. The van der Waals surface area contributed by atoms with Gasteiger partial charge in [-0.25, -0.2) is 0 Å². The topological polar surface area (TPSA) is 15.3 Å². The molecule has 2 nitrogen and oxygen atoms in total. The van der Waals surface area contributed by atoms with Crippen LogP contribution in [0, 0.1) is 5.92 Å². The van der Waals surface area contributed by atoms with Crippen LogP contribution in [0.4, 0.5) is 0 Å². The summed E-state index contributed by atoms with van der Waals surface area (Å²) in [7, 11) is 2.08. The van der Waals surface area contributed by atoms with Crippen molar-refractivity contribution < 1.29 is 0 Å². The van der Waals surface area contributed by atoms with Gasteiger partial charge in [0.15, 0.2) is 0 Å². The van der Waals surface area contributed by atoms with E-state index in [2.05, 4.69) is 55.4 Å². The van der Waals surface area contributed by atoms with Gasteiger partial charge in [-0.15, -0.1) is 0 Å². The Labute approximate surface area is 124 Å². The number of nitrogens with zero attached hydrogens (tertiary/aromatic N) is 1. The number of rotatable bonds is 5. The SMILES string of the molecule is CCc1ccc(C2C(CNC)CCCCN2CC)cc1. The highest BCUT2D eigenvalue weighted by atomic mass is 15.2. The van der Waals surface area contributed by atoms with Crippen molar-refractivity contribution in [3.05, 3.63) is 35.4 Å². The summed E-state index contributed by atoms with van der Waals surface area (Å²) in [4.78, 5) is 2.68. The Morgan fingerprint density at radius 1 is 1.15 bits per heavy atom. The van der Waals surface area contributed by atoms with E-state index in [1.54, 1.807) is 0 Å². The molecule has 1 aliphatic rings. The molecular weight excluding hydrogens is 244 g/mol. The van der Waals surface area contributed by atoms with Gasteiger partial charge in [0.1, 0.15) is 0 Å². The van der Waals surface area contributed by atoms with Gasteiger partial charge in [-0.3, -0.25) is 4.90 Å². The summed E-state index contributed by atoms with van der Waals surface area (Å²) >= 11 is 0. The van der Waals surface area contributed by atoms with Crippen LogP contribution < -0.4 is 5.32 Å². The fraction of sp³-hybridized carbons (Fsp3) is 0.667. The molecule has 0 amide bonds. The second kappa shape index (κ2) is 7.80. The third-order valence-corrected chi connectivity index (χ3v) is 4.71. The molecule has 2 atom stereocenters. The van der Waals surface area contributed by atoms with Gasteiger partial charge in [-0.05, 0) is 63.0 Å². The molecule has 2 rings (SSSR count). The van der Waals surface area contributed by atoms with E-state index in [0.717, 1.165) is 25.4 Å². The Hall–Kier alpha value is -0.860. The van der Waals surface area contributed by atoms with Crippen LogP contribution in [0.25, 0.3) is 0 Å². The summed E-state index contributed by atoms with van der Waals surface area (Å²) in [5.41, 5.74) is 2.95. The summed E-state index contributed by atoms with van der Waals surface area (Å²) in [5.74, 6) is 0.731. The molecule has 1 saturated heterocycles. The minimum Gasteiger partial charge on any atom is -0.319 e. The van der Waals surface area contributed by atoms with Gasteiger partial charge in [-0.2, -0.15) is 0 Å². The van der Waals surface area contributed by atoms with Gasteiger partial charge in [0.25, 0.3) is 0 Å². The second-order valence-corrected chi connectivity index (χ2v) is 5.98. The third kappa shape index (κ3) is 3.62. The predicted octanol–water partition coefficient (Wildman–Crippen LogP) is 3.63. The van der Waals surface area contributed by atoms with Crippen LogP contribution in [-0.4, -0.2) is 31.6 Å². The third-order valence-electron chi connectivity index (χ3n) is 4.71. The van der Waals surface area contributed by atoms with E-state index in [9.17, 15) is 0 Å². The van der Waals surface area contributed by atoms with Crippen LogP contribution in [0.5, 0.6) is 0 Å². The summed E-state index contributed by atoms with van der Waals surface area (Å²) in [6.45, 7) is 8.05. The monoisotopic (exact) mass is 274 g/mol. The van der Waals surface area contributed by atoms with Crippen molar-refractivity contribution >= 4 is 0 Å². The predicted molar refractivity (Wildman–Crippen MR) is 87.1 cm³/mol. The Morgan fingerprint density at radius 2 is 1.90 bits per heavy atom. The number of hydrogen-bond acceptors (Lipinski definition) is 2. The van der Waals surface area contributed by atoms with Crippen molar-refractivity contribution in [2.75, 3.05) is 26.7 Å². The summed E-state index contributed by atoms with van der Waals surface area (Å²) in [6.07, 6.45) is 5.18. The highest BCUT2D eigenvalue weighted by Crippen LogP contribution is 2.34. The number of nitrogens with one attached hydrogen (secondary N) is 1. The van der Waals surface area contributed by atoms with E-state index in [1.165, 1.54) is 36.9 Å². The van der Waals surface area contributed by atoms with Crippen molar-refractivity contribution in [3.8, 4) is 0 Å². The average molecular weight is 274 g/mol. The van der Waals surface area contributed by atoms with Gasteiger partial charge in [0.2, 0.25) is 0 Å². The number of hydrogen-bond donors (Lipinski definition) is 1. The molecule has 0 spiro atoms. The molecular formula is C18H30N2. The van der Waals surface area contributed by atoms with Crippen LogP contribution in [0.1, 0.15) is 50.3 Å². The number of benzene rings is 1. The van der Waals surface area contributed by atoms with E-state index in [4.69, 9.17) is 0 Å². The van der Waals surface area contributed by atoms with E-state index in [0.29, 0.717) is 6.04 Å². The molecule has 0 aromatic heterocycles. The maximum absolute atomic E-state index is 3.41. The molecule has 0 aliphatic carbocycles. The van der Waals surface area contributed by atoms with Crippen LogP contribution in [0.2, 0.25) is 0 Å². The second-order valence-electron chi connectivity index (χ2n) is 5.98. The Balaban J connectivity index is 2.27. The summed E-state index contributed by atoms with van der Waals surface area (Å²) in [6, 6.07) is 9.93. The maximum atomic E-state index is 3.41. The lowest BCUT2D eigenvalue weighted by Crippen LogP contribution is -2.36. The summed E-state index contributed by atoms with van der Waals surface area (Å²) < 4.78 is 0. The Kier molecular flexibility index (Phi) is 6.06. The standard InChI is InChI=1S/C18H30N2/c1-4-15-9-11-16(12-10-15)18-17(14-19-3)8-6-7-13-20(18)5-2/h9-12,17-19H,4-8,13-14H2,1-3H3. The Bertz CT molecular complexity index is 385. The molecule has 1 aliphatic heterocycles. The van der Waals surface area contributed by atoms with Crippen LogP contribution in [-0.2, 0) is 6.42 Å². The number of aryl methyl sites for hydroxylation is 1. The number of likely N-dealkylation sites (tertiary alicyclic amines) is 1. The molecule has 2 unspecified atom stereocenters. The lowest BCUT2D eigenvalue weighted by molar-refractivity contribution is 0.162. The molecule has 1 N–H and O–H groups in total. The fourth-order valence-corrected chi connectivity index (χ4v) is 3.58. The van der Waals surface area contributed by atoms with Crippen molar-refractivity contribution in [1.82, 2.24) is 10.2 Å². The maximum Gasteiger partial charge on any atom is 0.0388 e. The van der Waals surface area contributed by atoms with Crippen molar-refractivity contribution in [2.45, 2.75) is 45.6 Å². The minimum absolute atomic E-state index is 0.584. The molecule has 1 heterocycles. The molecule has 0 saturated carbocycles. The van der Waals surface area contributed by atoms with Gasteiger partial charge >= 0.3 is 0 Å². The first-order chi connectivity index (χ1) is 9.80. The lowest BCUT2D eigenvalue weighted by Gasteiger charge is -2.35. The molecule has 112 valence electrons. The summed E-state index contributed by atoms with van der Waals surface area (Å²) in [5, 5.41) is 3.41. The zero-order valence-electron chi connectivity index (χ0n) is 13.4. The van der Waals surface area contributed by atoms with E-state index in [1.807, 2.05) is 0 Å². The van der Waals surface area contributed by atoms with E-state index < -0.39 is 0 Å². The smallest absolute Gasteiger partial charge is 0.0388 e. The molecule has 0 bridgehead atoms. The first-order valence-electron chi connectivity index (χ1n) is 8.27. The van der Waals surface area contributed by atoms with Gasteiger partial charge < -0.3 is 5.32 Å². The van der Waals surface area contributed by atoms with E-state index >= 15 is 0 Å². The average Bonchev–Trinajstić information content (AvgIpc) is 2.70. The zero-order chi connectivity index (χ0) is 14.4. The first-order valence-corrected chi connectivity index (χ1v) is 8.27. The van der Waals surface area contributed by atoms with E-state index in [-0.39, 0.29) is 0 Å². The molecule has 0 radical (unpaired) electrons. The lowest BCUT2D eigenvalue weighted by atomic mass is 9.88. The molecule has 1 aromatic rings. The van der Waals surface area contributed by atoms with Crippen molar-refractivity contribution in [1.29, 1.82) is 0 Å². The Morgan fingerprint density at radius 3 is 2.50 bits per heavy atom. The van der Waals surface area contributed by atoms with Gasteiger partial charge in [0, 0.05) is 6.04 Å². The fourth-order valence-electron chi connectivity index (χ4n) is 3.58. The quantitative estimate of drug-likeness (QED) is 0.882. The molecule has 20 heavy (non-hydrogen) atoms. The minimum atomic E-state index is 0.584. The van der Waals surface area contributed by atoms with Crippen LogP contribution >= 0.6 is 0 Å². The zero-order valence-corrected chi connectivity index (χ0v) is 13.4. The van der Waals surface area contributed by atoms with Gasteiger partial charge in [-0.1, -0.05) is 44.5 Å².